The number of anilines is 1. The van der Waals surface area contributed by atoms with Crippen LogP contribution in [-0.2, 0) is 0 Å². The maximum atomic E-state index is 14.7. The lowest BCUT2D eigenvalue weighted by Crippen LogP contribution is -2.26. The summed E-state index contributed by atoms with van der Waals surface area (Å²) in [6, 6.07) is 6.81. The molecule has 0 saturated carbocycles. The van der Waals surface area contributed by atoms with Gasteiger partial charge in [0.05, 0.1) is 28.9 Å². The number of hydrogen-bond acceptors (Lipinski definition) is 5. The van der Waals surface area contributed by atoms with Gasteiger partial charge in [-0.2, -0.15) is 13.2 Å². The summed E-state index contributed by atoms with van der Waals surface area (Å²) in [6.07, 6.45) is -0.383. The molecule has 1 saturated heterocycles. The summed E-state index contributed by atoms with van der Waals surface area (Å²) in [5.74, 6) is -1.99. The van der Waals surface area contributed by atoms with E-state index in [0.29, 0.717) is 11.4 Å². The highest BCUT2D eigenvalue weighted by molar-refractivity contribution is 6.06. The zero-order chi connectivity index (χ0) is 25.3. The van der Waals surface area contributed by atoms with Crippen molar-refractivity contribution in [3.8, 4) is 11.1 Å². The average Bonchev–Trinajstić information content (AvgIpc) is 3.21. The molecule has 3 heterocycles. The van der Waals surface area contributed by atoms with Crippen LogP contribution in [0, 0.1) is 11.7 Å². The number of aromatic nitrogens is 3. The van der Waals surface area contributed by atoms with Gasteiger partial charge in [0.2, 0.25) is 0 Å². The lowest BCUT2D eigenvalue weighted by molar-refractivity contribution is -0.170. The van der Waals surface area contributed by atoms with Crippen LogP contribution >= 0.6 is 0 Å². The first-order chi connectivity index (χ1) is 16.6. The van der Waals surface area contributed by atoms with E-state index in [1.165, 1.54) is 36.8 Å². The molecule has 1 aliphatic heterocycles. The van der Waals surface area contributed by atoms with E-state index in [0.717, 1.165) is 0 Å². The van der Waals surface area contributed by atoms with Gasteiger partial charge in [0.15, 0.2) is 0 Å². The van der Waals surface area contributed by atoms with E-state index in [4.69, 9.17) is 0 Å². The molecule has 6 nitrogen and oxygen atoms in total. The van der Waals surface area contributed by atoms with Gasteiger partial charge in [0.1, 0.15) is 11.6 Å². The Labute approximate surface area is 200 Å². The molecule has 0 aliphatic carbocycles. The van der Waals surface area contributed by atoms with Crippen molar-refractivity contribution < 1.29 is 22.4 Å². The summed E-state index contributed by atoms with van der Waals surface area (Å²) in [7, 11) is 1.58. The monoisotopic (exact) mass is 487 g/mol. The molecule has 2 aromatic heterocycles. The summed E-state index contributed by atoms with van der Waals surface area (Å²) in [5, 5.41) is 2.76. The molecule has 0 bridgehead atoms. The molecule has 35 heavy (non-hydrogen) atoms. The Hall–Kier alpha value is -3.40. The van der Waals surface area contributed by atoms with Gasteiger partial charge in [-0.25, -0.2) is 14.4 Å². The van der Waals surface area contributed by atoms with Crippen molar-refractivity contribution in [1.82, 2.24) is 19.9 Å². The second-order valence-electron chi connectivity index (χ2n) is 8.97. The number of benzene rings is 1. The second-order valence-corrected chi connectivity index (χ2v) is 8.97. The standard InChI is InChI=1S/C25H25F4N5O/c1-14(2)23-31-11-15(12-32-23)24(35)33-21-18(17-6-4-5-7-19(17)26)8-9-30-22(21)20-10-16(13-34(20)3)25(27,28)29/h4-9,11-12,14,16,20H,10,13H2,1-3H3,(H,33,35). The van der Waals surface area contributed by atoms with E-state index in [1.807, 2.05) is 13.8 Å². The number of nitrogens with zero attached hydrogens (tertiary/aromatic N) is 4. The minimum Gasteiger partial charge on any atom is -0.320 e. The molecule has 184 valence electrons. The first-order valence-electron chi connectivity index (χ1n) is 11.2. The molecule has 1 aromatic carbocycles. The Bertz CT molecular complexity index is 1210. The smallest absolute Gasteiger partial charge is 0.320 e. The first-order valence-corrected chi connectivity index (χ1v) is 11.2. The molecule has 1 aliphatic rings. The maximum Gasteiger partial charge on any atom is 0.393 e. The molecule has 0 radical (unpaired) electrons. The van der Waals surface area contributed by atoms with Crippen molar-refractivity contribution in [3.05, 3.63) is 71.8 Å². The van der Waals surface area contributed by atoms with Crippen LogP contribution in [0.3, 0.4) is 0 Å². The van der Waals surface area contributed by atoms with Gasteiger partial charge in [-0.1, -0.05) is 32.0 Å². The number of pyridine rings is 1. The number of carbonyl (C=O) groups is 1. The zero-order valence-corrected chi connectivity index (χ0v) is 19.5. The number of hydrogen-bond donors (Lipinski definition) is 1. The third-order valence-corrected chi connectivity index (χ3v) is 6.16. The molecule has 4 rings (SSSR count). The van der Waals surface area contributed by atoms with Crippen LogP contribution in [0.5, 0.6) is 0 Å². The third-order valence-electron chi connectivity index (χ3n) is 6.16. The first kappa shape index (κ1) is 24.7. The SMILES string of the molecule is CC(C)c1ncc(C(=O)Nc2c(-c3ccccc3F)ccnc2C2CC(C(F)(F)F)CN2C)cn1. The van der Waals surface area contributed by atoms with Gasteiger partial charge >= 0.3 is 6.18 Å². The van der Waals surface area contributed by atoms with Crippen LogP contribution in [0.4, 0.5) is 23.2 Å². The van der Waals surface area contributed by atoms with Crippen molar-refractivity contribution >= 4 is 11.6 Å². The number of likely N-dealkylation sites (tertiary alicyclic amines) is 1. The van der Waals surface area contributed by atoms with E-state index in [9.17, 15) is 22.4 Å². The maximum absolute atomic E-state index is 14.7. The predicted molar refractivity (Wildman–Crippen MR) is 123 cm³/mol. The van der Waals surface area contributed by atoms with Crippen LogP contribution in [0.2, 0.25) is 0 Å². The van der Waals surface area contributed by atoms with Gasteiger partial charge < -0.3 is 5.32 Å². The molecule has 3 aromatic rings. The molecule has 0 spiro atoms. The van der Waals surface area contributed by atoms with Crippen LogP contribution < -0.4 is 5.32 Å². The fraction of sp³-hybridized carbons (Fsp3) is 0.360. The van der Waals surface area contributed by atoms with Crippen molar-refractivity contribution in [1.29, 1.82) is 0 Å². The van der Waals surface area contributed by atoms with Crippen molar-refractivity contribution in [2.45, 2.75) is 38.4 Å². The van der Waals surface area contributed by atoms with Gasteiger partial charge in [-0.15, -0.1) is 0 Å². The van der Waals surface area contributed by atoms with Gasteiger partial charge in [0, 0.05) is 42.2 Å². The average molecular weight is 488 g/mol. The Morgan fingerprint density at radius 3 is 2.37 bits per heavy atom. The highest BCUT2D eigenvalue weighted by atomic mass is 19.4. The molecular weight excluding hydrogens is 462 g/mol. The summed E-state index contributed by atoms with van der Waals surface area (Å²) < 4.78 is 55.1. The molecule has 1 N–H and O–H groups in total. The lowest BCUT2D eigenvalue weighted by atomic mass is 9.97. The van der Waals surface area contributed by atoms with Crippen molar-refractivity contribution in [2.75, 3.05) is 18.9 Å². The minimum atomic E-state index is -4.36. The molecular formula is C25H25F4N5O. The fourth-order valence-electron chi connectivity index (χ4n) is 4.26. The molecule has 1 amide bonds. The highest BCUT2D eigenvalue weighted by Crippen LogP contribution is 2.45. The lowest BCUT2D eigenvalue weighted by Gasteiger charge is -2.23. The van der Waals surface area contributed by atoms with E-state index < -0.39 is 29.9 Å². The molecule has 2 atom stereocenters. The zero-order valence-electron chi connectivity index (χ0n) is 19.5. The second kappa shape index (κ2) is 9.69. The summed E-state index contributed by atoms with van der Waals surface area (Å²) in [6.45, 7) is 3.64. The quantitative estimate of drug-likeness (QED) is 0.474. The minimum absolute atomic E-state index is 0.0733. The summed E-state index contributed by atoms with van der Waals surface area (Å²) in [4.78, 5) is 27.4. The molecule has 2 unspecified atom stereocenters. The van der Waals surface area contributed by atoms with E-state index in [2.05, 4.69) is 20.3 Å². The summed E-state index contributed by atoms with van der Waals surface area (Å²) >= 11 is 0. The number of amides is 1. The molecule has 10 heteroatoms. The van der Waals surface area contributed by atoms with Crippen LogP contribution in [0.1, 0.15) is 54.1 Å². The van der Waals surface area contributed by atoms with Gasteiger partial charge in [-0.05, 0) is 25.6 Å². The van der Waals surface area contributed by atoms with E-state index in [-0.39, 0.29) is 41.4 Å². The number of rotatable bonds is 5. The van der Waals surface area contributed by atoms with Crippen molar-refractivity contribution in [3.63, 3.8) is 0 Å². The Balaban J connectivity index is 1.77. The van der Waals surface area contributed by atoms with E-state index in [1.54, 1.807) is 24.1 Å². The predicted octanol–water partition coefficient (Wildman–Crippen LogP) is 5.61. The Morgan fingerprint density at radius 2 is 1.77 bits per heavy atom. The number of alkyl halides is 3. The number of halogens is 4. The topological polar surface area (TPSA) is 71.0 Å². The van der Waals surface area contributed by atoms with E-state index >= 15 is 0 Å². The molecule has 1 fully saturated rings. The number of nitrogens with one attached hydrogen (secondary N) is 1. The van der Waals surface area contributed by atoms with Gasteiger partial charge in [0.25, 0.3) is 5.91 Å². The van der Waals surface area contributed by atoms with Crippen molar-refractivity contribution in [2.24, 2.45) is 5.92 Å². The van der Waals surface area contributed by atoms with Crippen LogP contribution in [0.15, 0.2) is 48.9 Å². The Morgan fingerprint density at radius 1 is 1.09 bits per heavy atom. The largest absolute Gasteiger partial charge is 0.393 e. The normalized spacial score (nSPS) is 18.7. The third kappa shape index (κ3) is 5.17. The fourth-order valence-corrected chi connectivity index (χ4v) is 4.26. The van der Waals surface area contributed by atoms with Crippen LogP contribution in [-0.4, -0.2) is 45.5 Å². The summed E-state index contributed by atoms with van der Waals surface area (Å²) in [5.41, 5.74) is 1.09. The highest BCUT2D eigenvalue weighted by Gasteiger charge is 2.47. The number of carbonyl (C=O) groups excluding carboxylic acids is 1. The van der Waals surface area contributed by atoms with Crippen LogP contribution in [0.25, 0.3) is 11.1 Å². The Kier molecular flexibility index (Phi) is 6.84. The van der Waals surface area contributed by atoms with Gasteiger partial charge in [-0.3, -0.25) is 14.7 Å².